The number of aromatic nitrogens is 6. The summed E-state index contributed by atoms with van der Waals surface area (Å²) in [7, 11) is 0. The minimum atomic E-state index is -0.885. The molecule has 7 rings (SSSR count). The van der Waals surface area contributed by atoms with Gasteiger partial charge in [-0.25, -0.2) is 9.97 Å². The normalized spacial score (nSPS) is 14.3. The number of rotatable bonds is 10. The van der Waals surface area contributed by atoms with Crippen LogP contribution in [-0.4, -0.2) is 52.1 Å². The zero-order valence-electron chi connectivity index (χ0n) is 30.4. The first-order valence-electron chi connectivity index (χ1n) is 17.8. The number of carboxylic acids is 2. The monoisotopic (exact) mass is 696 g/mol. The molecule has 0 amide bonds. The summed E-state index contributed by atoms with van der Waals surface area (Å²) in [5, 5.41) is 19.3. The number of H-pyrrole nitrogens is 4. The van der Waals surface area contributed by atoms with Crippen molar-refractivity contribution in [2.75, 3.05) is 0 Å². The largest absolute Gasteiger partial charge is 0.481 e. The maximum Gasteiger partial charge on any atom is 0.303 e. The van der Waals surface area contributed by atoms with Gasteiger partial charge in [-0.05, 0) is 134 Å². The lowest BCUT2D eigenvalue weighted by Crippen LogP contribution is -1.98. The van der Waals surface area contributed by atoms with Crippen LogP contribution in [0, 0.1) is 13.8 Å². The van der Waals surface area contributed by atoms with Crippen molar-refractivity contribution in [3.63, 3.8) is 0 Å². The quantitative estimate of drug-likeness (QED) is 0.0852. The van der Waals surface area contributed by atoms with E-state index in [1.807, 2.05) is 44.4 Å². The van der Waals surface area contributed by atoms with E-state index < -0.39 is 11.9 Å². The molecule has 52 heavy (non-hydrogen) atoms. The van der Waals surface area contributed by atoms with Crippen molar-refractivity contribution in [2.45, 2.75) is 79.1 Å². The van der Waals surface area contributed by atoms with Gasteiger partial charge < -0.3 is 30.1 Å². The summed E-state index contributed by atoms with van der Waals surface area (Å²) in [5.41, 5.74) is 16.8. The lowest BCUT2D eigenvalue weighted by Gasteiger charge is -2.11. The lowest BCUT2D eigenvalue weighted by molar-refractivity contribution is -0.137. The topological polar surface area (TPSA) is 164 Å². The number of aromatic amines is 4. The Bertz CT molecular complexity index is 2440. The number of allylic oxidation sites excluding steroid dienone is 4. The van der Waals surface area contributed by atoms with E-state index in [1.54, 1.807) is 0 Å². The number of aliphatic carboxylic acids is 2. The highest BCUT2D eigenvalue weighted by Gasteiger charge is 2.25. The van der Waals surface area contributed by atoms with Crippen LogP contribution in [0.3, 0.4) is 0 Å². The van der Waals surface area contributed by atoms with Crippen molar-refractivity contribution in [2.24, 2.45) is 0 Å². The van der Waals surface area contributed by atoms with Gasteiger partial charge in [0.25, 0.3) is 0 Å². The number of aryl methyl sites for hydroxylation is 2. The van der Waals surface area contributed by atoms with Gasteiger partial charge in [-0.15, -0.1) is 0 Å². The Kier molecular flexibility index (Phi) is 9.08. The van der Waals surface area contributed by atoms with Crippen LogP contribution in [-0.2, 0) is 9.59 Å². The van der Waals surface area contributed by atoms with Gasteiger partial charge >= 0.3 is 11.9 Å². The van der Waals surface area contributed by atoms with Gasteiger partial charge in [-0.1, -0.05) is 13.8 Å². The van der Waals surface area contributed by atoms with E-state index in [1.165, 1.54) is 5.56 Å². The minimum Gasteiger partial charge on any atom is -0.481 e. The van der Waals surface area contributed by atoms with Crippen LogP contribution in [0.25, 0.3) is 44.4 Å². The molecular formula is C42H44N6O4. The summed E-state index contributed by atoms with van der Waals surface area (Å²) in [4.78, 5) is 48.1. The Morgan fingerprint density at radius 2 is 1.04 bits per heavy atom. The molecule has 5 aromatic rings. The molecule has 2 atom stereocenters. The van der Waals surface area contributed by atoms with Crippen LogP contribution in [0.4, 0.5) is 0 Å². The Labute approximate surface area is 301 Å². The zero-order valence-corrected chi connectivity index (χ0v) is 30.4. The van der Waals surface area contributed by atoms with Crippen molar-refractivity contribution >= 4 is 56.3 Å². The van der Waals surface area contributed by atoms with Crippen LogP contribution in [0.2, 0.25) is 0 Å². The van der Waals surface area contributed by atoms with Crippen molar-refractivity contribution < 1.29 is 19.8 Å². The molecule has 2 unspecified atom stereocenters. The molecule has 266 valence electrons. The van der Waals surface area contributed by atoms with Gasteiger partial charge in [0.2, 0.25) is 0 Å². The number of nitrogens with one attached hydrogen (secondary N) is 4. The summed E-state index contributed by atoms with van der Waals surface area (Å²) in [6.07, 6.45) is 4.41. The molecule has 10 heteroatoms. The first kappa shape index (κ1) is 34.5. The predicted molar refractivity (Wildman–Crippen MR) is 206 cm³/mol. The maximum absolute atomic E-state index is 11.8. The molecule has 7 heterocycles. The highest BCUT2D eigenvalue weighted by molar-refractivity contribution is 5.96. The van der Waals surface area contributed by atoms with E-state index in [0.29, 0.717) is 24.2 Å². The van der Waals surface area contributed by atoms with Crippen molar-refractivity contribution in [3.8, 4) is 0 Å². The molecule has 0 saturated carbocycles. The second-order valence-corrected chi connectivity index (χ2v) is 14.0. The Hall–Kier alpha value is -5.90. The molecule has 2 aliphatic rings. The van der Waals surface area contributed by atoms with Gasteiger partial charge in [-0.3, -0.25) is 9.59 Å². The molecule has 8 bridgehead atoms. The third kappa shape index (κ3) is 6.29. The molecule has 0 aromatic carbocycles. The summed E-state index contributed by atoms with van der Waals surface area (Å²) in [6, 6.07) is 16.5. The van der Waals surface area contributed by atoms with E-state index in [2.05, 4.69) is 78.0 Å². The molecule has 5 aromatic heterocycles. The van der Waals surface area contributed by atoms with Crippen LogP contribution in [0.5, 0.6) is 0 Å². The van der Waals surface area contributed by atoms with Crippen LogP contribution >= 0.6 is 0 Å². The minimum absolute atomic E-state index is 0.0347. The van der Waals surface area contributed by atoms with Gasteiger partial charge in [0, 0.05) is 70.5 Å². The standard InChI is InChI=1S/C42H44N6O4/c1-21-27(11-13-39(49)50)35-20-36-28(12-14-40(51)52)22(2)32(46-36)18-37-42(24(4)30-10-8-16-44-30)26(6)34(48-37)19-38-41(23(3)29-9-7-15-43-29)25(5)33(47-38)17-31(21)45-35/h7-10,15-20,23-24,43-44,47-48H,11-14H2,1-6H3,(H,49,50)(H,51,52). The lowest BCUT2D eigenvalue weighted by atomic mass is 9.93. The molecule has 10 nitrogen and oxygen atoms in total. The molecule has 0 fully saturated rings. The fourth-order valence-corrected chi connectivity index (χ4v) is 7.89. The molecule has 6 N–H and O–H groups in total. The maximum atomic E-state index is 11.8. The Balaban J connectivity index is 1.60. The van der Waals surface area contributed by atoms with Crippen molar-refractivity contribution in [1.82, 2.24) is 29.9 Å². The second kappa shape index (κ2) is 13.7. The highest BCUT2D eigenvalue weighted by atomic mass is 16.4. The number of carbonyl (C=O) groups is 2. The van der Waals surface area contributed by atoms with Gasteiger partial charge in [-0.2, -0.15) is 0 Å². The number of hydrogen-bond donors (Lipinski definition) is 6. The van der Waals surface area contributed by atoms with Gasteiger partial charge in [0.05, 0.1) is 22.8 Å². The first-order chi connectivity index (χ1) is 24.9. The molecule has 0 aliphatic carbocycles. The van der Waals surface area contributed by atoms with E-state index in [0.717, 1.165) is 83.8 Å². The average molecular weight is 697 g/mol. The average Bonchev–Trinajstić information content (AvgIpc) is 3.95. The Morgan fingerprint density at radius 3 is 1.46 bits per heavy atom. The summed E-state index contributed by atoms with van der Waals surface area (Å²) >= 11 is 0. The van der Waals surface area contributed by atoms with Gasteiger partial charge in [0.1, 0.15) is 0 Å². The summed E-state index contributed by atoms with van der Waals surface area (Å²) in [6.45, 7) is 12.7. The third-order valence-corrected chi connectivity index (χ3v) is 10.9. The smallest absolute Gasteiger partial charge is 0.303 e. The van der Waals surface area contributed by atoms with E-state index in [-0.39, 0.29) is 24.7 Å². The van der Waals surface area contributed by atoms with E-state index >= 15 is 0 Å². The van der Waals surface area contributed by atoms with E-state index in [9.17, 15) is 19.8 Å². The summed E-state index contributed by atoms with van der Waals surface area (Å²) in [5.74, 6) is -1.68. The van der Waals surface area contributed by atoms with E-state index in [4.69, 9.17) is 9.97 Å². The Morgan fingerprint density at radius 1 is 0.615 bits per heavy atom. The number of nitrogens with zero attached hydrogens (tertiary/aromatic N) is 2. The predicted octanol–water partition coefficient (Wildman–Crippen LogP) is 9.48. The van der Waals surface area contributed by atoms with Crippen molar-refractivity contribution in [1.29, 1.82) is 0 Å². The zero-order chi connectivity index (χ0) is 36.8. The third-order valence-electron chi connectivity index (χ3n) is 10.9. The fraction of sp³-hybridized carbons (Fsp3) is 0.286. The molecule has 0 saturated heterocycles. The second-order valence-electron chi connectivity index (χ2n) is 14.0. The van der Waals surface area contributed by atoms with Crippen LogP contribution in [0.15, 0.2) is 60.9 Å². The number of hydrogen-bond acceptors (Lipinski definition) is 4. The molecular weight excluding hydrogens is 653 g/mol. The van der Waals surface area contributed by atoms with Crippen LogP contribution < -0.4 is 0 Å². The SMILES string of the molecule is CC1=C(CCC(=O)O)c2cc3nc(cc4[nH]c(cc5[nH]c(cc1n2)c(C)c5C(C)c1ccc[nH]1)c(C)c4C(C)c1ccc[nH]1)C(C)=C3CCC(=O)O. The highest BCUT2D eigenvalue weighted by Crippen LogP contribution is 2.40. The summed E-state index contributed by atoms with van der Waals surface area (Å²) < 4.78 is 0. The number of fused-ring (bicyclic) bond motifs is 8. The van der Waals surface area contributed by atoms with Crippen LogP contribution in [0.1, 0.15) is 122 Å². The molecule has 0 radical (unpaired) electrons. The van der Waals surface area contributed by atoms with Crippen molar-refractivity contribution in [3.05, 3.63) is 117 Å². The molecule has 2 aliphatic heterocycles. The van der Waals surface area contributed by atoms with Gasteiger partial charge in [0.15, 0.2) is 0 Å². The number of carboxylic acid groups (broad SMARTS) is 2. The molecule has 0 spiro atoms. The first-order valence-corrected chi connectivity index (χ1v) is 17.8. The fourth-order valence-electron chi connectivity index (χ4n) is 7.89.